The minimum atomic E-state index is -0.543. The Bertz CT molecular complexity index is 1210. The van der Waals surface area contributed by atoms with Gasteiger partial charge >= 0.3 is 0 Å². The van der Waals surface area contributed by atoms with Gasteiger partial charge in [0.05, 0.1) is 36.3 Å². The third-order valence-corrected chi connectivity index (χ3v) is 7.17. The molecule has 0 aliphatic carbocycles. The number of thiophene rings is 1. The van der Waals surface area contributed by atoms with E-state index in [-0.39, 0.29) is 23.8 Å². The fraction of sp³-hybridized carbons (Fsp3) is 0.409. The van der Waals surface area contributed by atoms with E-state index >= 15 is 0 Å². The highest BCUT2D eigenvalue weighted by molar-refractivity contribution is 7.20. The van der Waals surface area contributed by atoms with Crippen molar-refractivity contribution in [2.75, 3.05) is 26.3 Å². The van der Waals surface area contributed by atoms with E-state index < -0.39 is 5.79 Å². The molecule has 0 N–H and O–H groups in total. The standard InChI is InChI=1S/C22H22FN3O4S/c1-14-17-19(24-13-26(20(17)27)12-15-3-2-4-16(23)11-15)31-18(14)21(28)25-7-5-22(6-8-25)29-9-10-30-22/h2-4,11,13H,5-10,12H2,1H3. The first-order valence-electron chi connectivity index (χ1n) is 10.3. The minimum Gasteiger partial charge on any atom is -0.347 e. The maximum absolute atomic E-state index is 13.5. The predicted octanol–water partition coefficient (Wildman–Crippen LogP) is 2.93. The molecule has 5 rings (SSSR count). The Hall–Kier alpha value is -2.62. The molecule has 2 saturated heterocycles. The quantitative estimate of drug-likeness (QED) is 0.622. The first-order chi connectivity index (χ1) is 15.0. The second-order valence-corrected chi connectivity index (χ2v) is 8.94. The Balaban J connectivity index is 1.41. The van der Waals surface area contributed by atoms with Gasteiger partial charge in [0.1, 0.15) is 10.6 Å². The number of hydrogen-bond acceptors (Lipinski definition) is 6. The summed E-state index contributed by atoms with van der Waals surface area (Å²) in [5.41, 5.74) is 1.09. The van der Waals surface area contributed by atoms with Crippen LogP contribution in [0.4, 0.5) is 4.39 Å². The predicted molar refractivity (Wildman–Crippen MR) is 114 cm³/mol. The molecule has 31 heavy (non-hydrogen) atoms. The highest BCUT2D eigenvalue weighted by Gasteiger charge is 2.41. The van der Waals surface area contributed by atoms with Crippen LogP contribution in [0.25, 0.3) is 10.2 Å². The number of ether oxygens (including phenoxy) is 2. The van der Waals surface area contributed by atoms with Crippen LogP contribution in [0, 0.1) is 12.7 Å². The van der Waals surface area contributed by atoms with Crippen molar-refractivity contribution in [3.63, 3.8) is 0 Å². The highest BCUT2D eigenvalue weighted by atomic mass is 32.1. The molecule has 2 aliphatic rings. The van der Waals surface area contributed by atoms with Gasteiger partial charge in [0.15, 0.2) is 5.79 Å². The lowest BCUT2D eigenvalue weighted by Gasteiger charge is -2.37. The number of amides is 1. The second kappa shape index (κ2) is 7.81. The lowest BCUT2D eigenvalue weighted by Crippen LogP contribution is -2.47. The molecule has 2 fully saturated rings. The highest BCUT2D eigenvalue weighted by Crippen LogP contribution is 2.34. The Kier molecular flexibility index (Phi) is 5.11. The Labute approximate surface area is 182 Å². The Morgan fingerprint density at radius 3 is 2.71 bits per heavy atom. The molecular formula is C22H22FN3O4S. The van der Waals surface area contributed by atoms with Crippen molar-refractivity contribution in [1.29, 1.82) is 0 Å². The zero-order valence-electron chi connectivity index (χ0n) is 17.1. The third kappa shape index (κ3) is 3.66. The summed E-state index contributed by atoms with van der Waals surface area (Å²) in [5.74, 6) is -0.988. The van der Waals surface area contributed by atoms with Gasteiger partial charge in [-0.1, -0.05) is 12.1 Å². The van der Waals surface area contributed by atoms with Crippen molar-refractivity contribution in [3.05, 3.63) is 62.8 Å². The van der Waals surface area contributed by atoms with E-state index in [0.717, 1.165) is 0 Å². The smallest absolute Gasteiger partial charge is 0.264 e. The van der Waals surface area contributed by atoms with E-state index in [1.54, 1.807) is 24.0 Å². The van der Waals surface area contributed by atoms with Crippen LogP contribution in [0.5, 0.6) is 0 Å². The zero-order valence-corrected chi connectivity index (χ0v) is 17.9. The molecule has 162 valence electrons. The number of halogens is 1. The molecule has 2 aliphatic heterocycles. The van der Waals surface area contributed by atoms with Crippen LogP contribution in [-0.2, 0) is 16.0 Å². The number of fused-ring (bicyclic) bond motifs is 1. The number of nitrogens with zero attached hydrogens (tertiary/aromatic N) is 3. The summed E-state index contributed by atoms with van der Waals surface area (Å²) in [6.07, 6.45) is 2.74. The summed E-state index contributed by atoms with van der Waals surface area (Å²) in [6, 6.07) is 6.13. The number of rotatable bonds is 3. The average molecular weight is 444 g/mol. The van der Waals surface area contributed by atoms with E-state index in [0.29, 0.717) is 65.4 Å². The summed E-state index contributed by atoms with van der Waals surface area (Å²) in [5, 5.41) is 0.447. The molecule has 7 nitrogen and oxygen atoms in total. The number of benzene rings is 1. The number of likely N-dealkylation sites (tertiary alicyclic amines) is 1. The average Bonchev–Trinajstić information content (AvgIpc) is 3.35. The van der Waals surface area contributed by atoms with Gasteiger partial charge in [-0.15, -0.1) is 11.3 Å². The number of piperidine rings is 1. The number of carbonyl (C=O) groups is 1. The molecule has 3 aromatic rings. The fourth-order valence-electron chi connectivity index (χ4n) is 4.29. The van der Waals surface area contributed by atoms with Crippen LogP contribution in [0.3, 0.4) is 0 Å². The van der Waals surface area contributed by atoms with Crippen molar-refractivity contribution in [2.24, 2.45) is 0 Å². The van der Waals surface area contributed by atoms with Crippen LogP contribution < -0.4 is 5.56 Å². The van der Waals surface area contributed by atoms with Gasteiger partial charge in [-0.05, 0) is 30.2 Å². The molecule has 2 aromatic heterocycles. The molecule has 1 amide bonds. The SMILES string of the molecule is Cc1c(C(=O)N2CCC3(CC2)OCCO3)sc2ncn(Cc3cccc(F)c3)c(=O)c12. The molecule has 0 bridgehead atoms. The Morgan fingerprint density at radius 1 is 1.26 bits per heavy atom. The molecule has 0 unspecified atom stereocenters. The van der Waals surface area contributed by atoms with Gasteiger partial charge in [0, 0.05) is 25.9 Å². The van der Waals surface area contributed by atoms with Crippen LogP contribution in [0.15, 0.2) is 35.4 Å². The third-order valence-electron chi connectivity index (χ3n) is 5.98. The number of hydrogen-bond donors (Lipinski definition) is 0. The molecule has 0 radical (unpaired) electrons. The van der Waals surface area contributed by atoms with E-state index in [2.05, 4.69) is 4.98 Å². The van der Waals surface area contributed by atoms with Crippen molar-refractivity contribution >= 4 is 27.5 Å². The van der Waals surface area contributed by atoms with Crippen molar-refractivity contribution in [1.82, 2.24) is 14.5 Å². The first-order valence-corrected chi connectivity index (χ1v) is 11.1. The van der Waals surface area contributed by atoms with E-state index in [1.165, 1.54) is 34.4 Å². The molecule has 1 spiro atoms. The van der Waals surface area contributed by atoms with Crippen LogP contribution in [0.1, 0.15) is 33.6 Å². The zero-order chi connectivity index (χ0) is 21.6. The summed E-state index contributed by atoms with van der Waals surface area (Å²) < 4.78 is 26.4. The maximum atomic E-state index is 13.5. The number of carbonyl (C=O) groups excluding carboxylic acids is 1. The molecule has 9 heteroatoms. The van der Waals surface area contributed by atoms with Crippen LogP contribution in [-0.4, -0.2) is 52.4 Å². The monoisotopic (exact) mass is 443 g/mol. The molecule has 0 saturated carbocycles. The molecule has 1 aromatic carbocycles. The number of aromatic nitrogens is 2. The van der Waals surface area contributed by atoms with Gasteiger partial charge in [0.2, 0.25) is 0 Å². The van der Waals surface area contributed by atoms with Crippen LogP contribution >= 0.6 is 11.3 Å². The first kappa shape index (κ1) is 20.3. The topological polar surface area (TPSA) is 73.7 Å². The Morgan fingerprint density at radius 2 is 2.00 bits per heavy atom. The molecule has 4 heterocycles. The normalized spacial score (nSPS) is 18.2. The summed E-state index contributed by atoms with van der Waals surface area (Å²) in [4.78, 5) is 33.6. The lowest BCUT2D eigenvalue weighted by molar-refractivity contribution is -0.181. The van der Waals surface area contributed by atoms with E-state index in [1.807, 2.05) is 0 Å². The fourth-order valence-corrected chi connectivity index (χ4v) is 5.39. The van der Waals surface area contributed by atoms with Gasteiger partial charge in [0.25, 0.3) is 11.5 Å². The van der Waals surface area contributed by atoms with Gasteiger partial charge < -0.3 is 14.4 Å². The van der Waals surface area contributed by atoms with Gasteiger partial charge in [-0.2, -0.15) is 0 Å². The second-order valence-electron chi connectivity index (χ2n) is 7.94. The van der Waals surface area contributed by atoms with Gasteiger partial charge in [-0.25, -0.2) is 9.37 Å². The lowest BCUT2D eigenvalue weighted by atomic mass is 10.0. The van der Waals surface area contributed by atoms with Crippen molar-refractivity contribution < 1.29 is 18.7 Å². The molecule has 0 atom stereocenters. The molecular weight excluding hydrogens is 421 g/mol. The van der Waals surface area contributed by atoms with Crippen LogP contribution in [0.2, 0.25) is 0 Å². The van der Waals surface area contributed by atoms with Crippen molar-refractivity contribution in [3.8, 4) is 0 Å². The summed E-state index contributed by atoms with van der Waals surface area (Å²) >= 11 is 1.24. The van der Waals surface area contributed by atoms with Crippen molar-refractivity contribution in [2.45, 2.75) is 32.1 Å². The largest absolute Gasteiger partial charge is 0.347 e. The maximum Gasteiger partial charge on any atom is 0.264 e. The van der Waals surface area contributed by atoms with E-state index in [4.69, 9.17) is 9.47 Å². The van der Waals surface area contributed by atoms with Gasteiger partial charge in [-0.3, -0.25) is 14.2 Å². The minimum absolute atomic E-state index is 0.0931. The van der Waals surface area contributed by atoms with E-state index in [9.17, 15) is 14.0 Å². The number of aryl methyl sites for hydroxylation is 1. The summed E-state index contributed by atoms with van der Waals surface area (Å²) in [7, 11) is 0. The summed E-state index contributed by atoms with van der Waals surface area (Å²) in [6.45, 7) is 4.28.